The molecule has 2 bridgehead atoms. The van der Waals surface area contributed by atoms with Gasteiger partial charge < -0.3 is 19.2 Å². The molecule has 3 aliphatic rings. The first-order chi connectivity index (χ1) is 20.0. The van der Waals surface area contributed by atoms with Gasteiger partial charge in [0.05, 0.1) is 30.6 Å². The Hall–Kier alpha value is -4.56. The lowest BCUT2D eigenvalue weighted by Gasteiger charge is -2.48. The van der Waals surface area contributed by atoms with Crippen molar-refractivity contribution < 1.29 is 19.1 Å². The highest BCUT2D eigenvalue weighted by Gasteiger charge is 2.40. The standard InChI is InChI=1S/C33H33N3O5/c1-40-19-15-24-10-12-28-31(21-24)41-33(39)35(28)16-5-6-23-9-11-27(25-7-3-2-4-8-25)29(20-23)36(32(37)38)30-22-34-17-13-26(30)14-18-34/h2-12,15,19-21,26,30H,13-14,16-18,22H2,1H3,(H,37,38)/t30-/m0/s1. The van der Waals surface area contributed by atoms with Crippen LogP contribution in [0, 0.1) is 5.92 Å². The van der Waals surface area contributed by atoms with Crippen LogP contribution in [0.25, 0.3) is 34.4 Å². The molecule has 3 fully saturated rings. The van der Waals surface area contributed by atoms with Gasteiger partial charge in [0.25, 0.3) is 0 Å². The summed E-state index contributed by atoms with van der Waals surface area (Å²) in [6.45, 7) is 3.15. The number of hydrogen-bond acceptors (Lipinski definition) is 5. The lowest BCUT2D eigenvalue weighted by atomic mass is 9.82. The number of carbonyl (C=O) groups is 1. The fourth-order valence-electron chi connectivity index (χ4n) is 6.16. The Bertz CT molecular complexity index is 1660. The maximum atomic E-state index is 12.8. The molecule has 8 nitrogen and oxygen atoms in total. The minimum absolute atomic E-state index is 0.0869. The van der Waals surface area contributed by atoms with Gasteiger partial charge in [-0.25, -0.2) is 9.59 Å². The zero-order valence-electron chi connectivity index (χ0n) is 23.0. The number of amides is 1. The first kappa shape index (κ1) is 26.7. The minimum atomic E-state index is -0.932. The third-order valence-electron chi connectivity index (χ3n) is 8.21. The fourth-order valence-corrected chi connectivity index (χ4v) is 6.16. The van der Waals surface area contributed by atoms with Gasteiger partial charge in [-0.3, -0.25) is 9.47 Å². The number of rotatable bonds is 8. The molecule has 3 aromatic carbocycles. The number of benzene rings is 3. The molecular weight excluding hydrogens is 518 g/mol. The number of carboxylic acid groups (broad SMARTS) is 1. The number of hydrogen-bond donors (Lipinski definition) is 1. The highest BCUT2D eigenvalue weighted by Crippen LogP contribution is 2.39. The summed E-state index contributed by atoms with van der Waals surface area (Å²) in [6, 6.07) is 21.3. The molecule has 1 atom stereocenters. The summed E-state index contributed by atoms with van der Waals surface area (Å²) in [5.41, 5.74) is 5.48. The topological polar surface area (TPSA) is 88.2 Å². The molecule has 7 rings (SSSR count). The van der Waals surface area contributed by atoms with Gasteiger partial charge in [0.1, 0.15) is 0 Å². The Morgan fingerprint density at radius 3 is 2.51 bits per heavy atom. The number of allylic oxidation sites excluding steroid dienone is 1. The summed E-state index contributed by atoms with van der Waals surface area (Å²) >= 11 is 0. The van der Waals surface area contributed by atoms with E-state index in [9.17, 15) is 14.7 Å². The summed E-state index contributed by atoms with van der Waals surface area (Å²) < 4.78 is 12.0. The number of fused-ring (bicyclic) bond motifs is 4. The number of methoxy groups -OCH3 is 1. The Morgan fingerprint density at radius 2 is 1.80 bits per heavy atom. The number of nitrogens with zero attached hydrogens (tertiary/aromatic N) is 3. The van der Waals surface area contributed by atoms with E-state index in [2.05, 4.69) is 4.90 Å². The van der Waals surface area contributed by atoms with Crippen LogP contribution in [-0.4, -0.2) is 53.5 Å². The summed E-state index contributed by atoms with van der Waals surface area (Å²) in [5, 5.41) is 10.5. The van der Waals surface area contributed by atoms with Crippen molar-refractivity contribution in [1.29, 1.82) is 0 Å². The quantitative estimate of drug-likeness (QED) is 0.264. The molecule has 1 N–H and O–H groups in total. The number of ether oxygens (including phenoxy) is 1. The molecule has 0 unspecified atom stereocenters. The van der Waals surface area contributed by atoms with Gasteiger partial charge in [-0.1, -0.05) is 60.7 Å². The van der Waals surface area contributed by atoms with Gasteiger partial charge >= 0.3 is 11.8 Å². The average Bonchev–Trinajstić information content (AvgIpc) is 3.31. The first-order valence-electron chi connectivity index (χ1n) is 13.9. The second-order valence-corrected chi connectivity index (χ2v) is 10.6. The second kappa shape index (κ2) is 11.5. The zero-order valence-corrected chi connectivity index (χ0v) is 23.0. The fraction of sp³-hybridized carbons (Fsp3) is 0.273. The first-order valence-corrected chi connectivity index (χ1v) is 13.9. The van der Waals surface area contributed by atoms with E-state index in [4.69, 9.17) is 9.15 Å². The largest absolute Gasteiger partial charge is 0.504 e. The van der Waals surface area contributed by atoms with E-state index in [1.165, 1.54) is 0 Å². The number of piperidine rings is 3. The van der Waals surface area contributed by atoms with Crippen LogP contribution in [0.2, 0.25) is 0 Å². The van der Waals surface area contributed by atoms with Gasteiger partial charge in [0.15, 0.2) is 5.58 Å². The smallest absolute Gasteiger partial charge is 0.420 e. The van der Waals surface area contributed by atoms with Gasteiger partial charge in [-0.05, 0) is 72.8 Å². The van der Waals surface area contributed by atoms with Crippen molar-refractivity contribution in [2.75, 3.05) is 31.6 Å². The molecule has 0 spiro atoms. The third-order valence-corrected chi connectivity index (χ3v) is 8.21. The Labute approximate surface area is 238 Å². The van der Waals surface area contributed by atoms with E-state index in [1.54, 1.807) is 35.0 Å². The monoisotopic (exact) mass is 551 g/mol. The zero-order chi connectivity index (χ0) is 28.3. The Balaban J connectivity index is 1.33. The van der Waals surface area contributed by atoms with Crippen molar-refractivity contribution in [3.63, 3.8) is 0 Å². The average molecular weight is 552 g/mol. The Morgan fingerprint density at radius 1 is 1.05 bits per heavy atom. The molecule has 0 radical (unpaired) electrons. The summed E-state index contributed by atoms with van der Waals surface area (Å²) in [6.07, 6.45) is 8.30. The lowest BCUT2D eigenvalue weighted by Crippen LogP contribution is -2.59. The van der Waals surface area contributed by atoms with E-state index in [0.717, 1.165) is 54.7 Å². The van der Waals surface area contributed by atoms with Crippen molar-refractivity contribution in [2.45, 2.75) is 25.4 Å². The summed E-state index contributed by atoms with van der Waals surface area (Å²) in [7, 11) is 1.58. The molecule has 8 heteroatoms. The van der Waals surface area contributed by atoms with E-state index < -0.39 is 11.8 Å². The van der Waals surface area contributed by atoms with Crippen molar-refractivity contribution in [3.8, 4) is 11.1 Å². The number of oxazole rings is 1. The minimum Gasteiger partial charge on any atom is -0.504 e. The highest BCUT2D eigenvalue weighted by atomic mass is 16.5. The van der Waals surface area contributed by atoms with Crippen LogP contribution < -0.4 is 10.7 Å². The van der Waals surface area contributed by atoms with Gasteiger partial charge in [0, 0.05) is 18.7 Å². The molecule has 210 valence electrons. The van der Waals surface area contributed by atoms with E-state index in [0.29, 0.717) is 29.2 Å². The predicted octanol–water partition coefficient (Wildman–Crippen LogP) is 6.17. The normalized spacial score (nSPS) is 20.3. The molecule has 3 aliphatic heterocycles. The maximum absolute atomic E-state index is 12.8. The maximum Gasteiger partial charge on any atom is 0.420 e. The third kappa shape index (κ3) is 5.43. The number of aromatic nitrogens is 1. The predicted molar refractivity (Wildman–Crippen MR) is 161 cm³/mol. The van der Waals surface area contributed by atoms with Gasteiger partial charge in [-0.15, -0.1) is 0 Å². The number of anilines is 1. The van der Waals surface area contributed by atoms with E-state index >= 15 is 0 Å². The molecule has 4 heterocycles. The van der Waals surface area contributed by atoms with Crippen LogP contribution in [-0.2, 0) is 11.3 Å². The molecular formula is C33H33N3O5. The molecule has 3 saturated heterocycles. The van der Waals surface area contributed by atoms with Crippen molar-refractivity contribution in [2.24, 2.45) is 5.92 Å². The van der Waals surface area contributed by atoms with E-state index in [1.807, 2.05) is 72.8 Å². The highest BCUT2D eigenvalue weighted by molar-refractivity contribution is 5.94. The van der Waals surface area contributed by atoms with Crippen LogP contribution >= 0.6 is 0 Å². The summed E-state index contributed by atoms with van der Waals surface area (Å²) in [4.78, 5) is 29.4. The van der Waals surface area contributed by atoms with Gasteiger partial charge in [0.2, 0.25) is 0 Å². The van der Waals surface area contributed by atoms with E-state index in [-0.39, 0.29) is 6.04 Å². The molecule has 41 heavy (non-hydrogen) atoms. The Kier molecular flexibility index (Phi) is 7.48. The molecule has 1 amide bonds. The van der Waals surface area contributed by atoms with Crippen LogP contribution in [0.4, 0.5) is 10.5 Å². The van der Waals surface area contributed by atoms with Gasteiger partial charge in [-0.2, -0.15) is 0 Å². The van der Waals surface area contributed by atoms with Crippen LogP contribution in [0.1, 0.15) is 24.0 Å². The van der Waals surface area contributed by atoms with Crippen LogP contribution in [0.3, 0.4) is 0 Å². The lowest BCUT2D eigenvalue weighted by molar-refractivity contribution is 0.0838. The van der Waals surface area contributed by atoms with Crippen LogP contribution in [0.15, 0.2) is 88.3 Å². The van der Waals surface area contributed by atoms with Crippen molar-refractivity contribution in [3.05, 3.63) is 101 Å². The SMILES string of the molecule is COC=Cc1ccc2c(c1)oc(=O)n2CC=Cc1ccc(-c2ccccc2)c(N(C(=O)O)[C@H]2CN3CCC2CC3)c1. The molecule has 4 aromatic rings. The van der Waals surface area contributed by atoms with Crippen molar-refractivity contribution in [1.82, 2.24) is 9.47 Å². The summed E-state index contributed by atoms with van der Waals surface area (Å²) in [5.74, 6) is -0.0808. The van der Waals surface area contributed by atoms with Crippen molar-refractivity contribution >= 4 is 35.0 Å². The second-order valence-electron chi connectivity index (χ2n) is 10.6. The van der Waals surface area contributed by atoms with Crippen LogP contribution in [0.5, 0.6) is 0 Å². The molecule has 1 aromatic heterocycles. The molecule has 0 aliphatic carbocycles. The molecule has 0 saturated carbocycles.